The molecule has 10 aromatic rings. The summed E-state index contributed by atoms with van der Waals surface area (Å²) >= 11 is 0. The summed E-state index contributed by atoms with van der Waals surface area (Å²) in [5, 5.41) is 0. The van der Waals surface area contributed by atoms with Crippen molar-refractivity contribution in [3.63, 3.8) is 0 Å². The van der Waals surface area contributed by atoms with E-state index in [9.17, 15) is 14.4 Å². The number of ether oxygens (including phenoxy) is 3. The van der Waals surface area contributed by atoms with E-state index in [0.29, 0.717) is 16.7 Å². The first kappa shape index (κ1) is 43.3. The molecule has 9 heteroatoms. The van der Waals surface area contributed by atoms with Crippen LogP contribution in [-0.4, -0.2) is 32.9 Å². The van der Waals surface area contributed by atoms with Crippen molar-refractivity contribution >= 4 is 17.9 Å². The molecule has 330 valence electrons. The largest absolute Gasteiger partial charge is 0.423 e. The van der Waals surface area contributed by atoms with E-state index in [1.807, 2.05) is 182 Å². The number of benzene rings is 7. The molecule has 9 nitrogen and oxygen atoms in total. The van der Waals surface area contributed by atoms with E-state index in [1.165, 1.54) is 18.2 Å². The highest BCUT2D eigenvalue weighted by molar-refractivity contribution is 6.02. The Morgan fingerprint density at radius 1 is 0.275 bits per heavy atom. The smallest absolute Gasteiger partial charge is 0.344 e. The second-order valence-electron chi connectivity index (χ2n) is 15.8. The van der Waals surface area contributed by atoms with Gasteiger partial charge < -0.3 is 14.2 Å². The Labute approximate surface area is 398 Å². The van der Waals surface area contributed by atoms with Crippen LogP contribution in [0.1, 0.15) is 31.1 Å². The zero-order valence-corrected chi connectivity index (χ0v) is 36.8. The fraction of sp³-hybridized carbons (Fsp3) is 0. The van der Waals surface area contributed by atoms with E-state index >= 15 is 0 Å². The second-order valence-corrected chi connectivity index (χ2v) is 15.8. The van der Waals surface area contributed by atoms with Crippen LogP contribution in [0.3, 0.4) is 0 Å². The molecule has 7 aromatic carbocycles. The third-order valence-electron chi connectivity index (χ3n) is 11.3. The highest BCUT2D eigenvalue weighted by atomic mass is 16.6. The van der Waals surface area contributed by atoms with Crippen LogP contribution in [0.4, 0.5) is 0 Å². The van der Waals surface area contributed by atoms with Gasteiger partial charge in [-0.2, -0.15) is 0 Å². The molecule has 0 radical (unpaired) electrons. The Kier molecular flexibility index (Phi) is 12.5. The lowest BCUT2D eigenvalue weighted by Crippen LogP contribution is -2.14. The first-order valence-electron chi connectivity index (χ1n) is 22.1. The highest BCUT2D eigenvalue weighted by Gasteiger charge is 2.23. The molecule has 3 heterocycles. The molecule has 3 aromatic heterocycles. The number of carbonyl (C=O) groups is 3. The molecule has 0 spiro atoms. The minimum Gasteiger partial charge on any atom is -0.423 e. The van der Waals surface area contributed by atoms with Gasteiger partial charge in [-0.1, -0.05) is 127 Å². The zero-order chi connectivity index (χ0) is 46.9. The molecule has 0 saturated heterocycles. The first-order chi connectivity index (χ1) is 33.9. The first-order valence-corrected chi connectivity index (χ1v) is 22.1. The predicted molar refractivity (Wildman–Crippen MR) is 267 cm³/mol. The Morgan fingerprint density at radius 3 is 0.812 bits per heavy atom. The van der Waals surface area contributed by atoms with E-state index in [1.54, 1.807) is 36.8 Å². The molecule has 0 fully saturated rings. The number of hydrogen-bond donors (Lipinski definition) is 0. The maximum atomic E-state index is 14.4. The third-order valence-corrected chi connectivity index (χ3v) is 11.3. The van der Waals surface area contributed by atoms with Gasteiger partial charge in [0.1, 0.15) is 17.2 Å². The summed E-state index contributed by atoms with van der Waals surface area (Å²) < 4.78 is 18.4. The molecule has 0 aliphatic rings. The van der Waals surface area contributed by atoms with Gasteiger partial charge in [0.2, 0.25) is 0 Å². The molecule has 0 unspecified atom stereocenters. The summed E-state index contributed by atoms with van der Waals surface area (Å²) in [4.78, 5) is 56.7. The molecule has 69 heavy (non-hydrogen) atoms. The van der Waals surface area contributed by atoms with Crippen LogP contribution < -0.4 is 14.2 Å². The van der Waals surface area contributed by atoms with Crippen LogP contribution >= 0.6 is 0 Å². The topological polar surface area (TPSA) is 118 Å². The maximum Gasteiger partial charge on any atom is 0.344 e. The molecule has 0 aliphatic heterocycles. The molecule has 0 bridgehead atoms. The van der Waals surface area contributed by atoms with Crippen molar-refractivity contribution < 1.29 is 28.6 Å². The normalized spacial score (nSPS) is 10.8. The van der Waals surface area contributed by atoms with Gasteiger partial charge in [-0.05, 0) is 106 Å². The molecule has 0 saturated carbocycles. The fourth-order valence-corrected chi connectivity index (χ4v) is 8.02. The van der Waals surface area contributed by atoms with Gasteiger partial charge in [0.25, 0.3) is 0 Å². The summed E-state index contributed by atoms with van der Waals surface area (Å²) in [5.41, 5.74) is 9.61. The lowest BCUT2D eigenvalue weighted by molar-refractivity contribution is 0.0731. The van der Waals surface area contributed by atoms with Gasteiger partial charge in [-0.15, -0.1) is 0 Å². The second kappa shape index (κ2) is 19.9. The number of aromatic nitrogens is 3. The van der Waals surface area contributed by atoms with Crippen LogP contribution in [0.25, 0.3) is 67.2 Å². The van der Waals surface area contributed by atoms with Crippen molar-refractivity contribution in [1.82, 2.24) is 15.0 Å². The van der Waals surface area contributed by atoms with Crippen molar-refractivity contribution in [3.05, 3.63) is 254 Å². The number of hydrogen-bond acceptors (Lipinski definition) is 9. The average molecular weight is 898 g/mol. The number of pyridine rings is 3. The monoisotopic (exact) mass is 897 g/mol. The van der Waals surface area contributed by atoms with E-state index in [2.05, 4.69) is 15.0 Å². The number of carbonyl (C=O) groups excluding carboxylic acids is 3. The maximum absolute atomic E-state index is 14.4. The van der Waals surface area contributed by atoms with Crippen LogP contribution in [0.15, 0.2) is 237 Å². The number of esters is 3. The molecular weight excluding hydrogens is 859 g/mol. The Hall–Kier alpha value is -9.60. The Morgan fingerprint density at radius 2 is 0.551 bits per heavy atom. The molecule has 0 atom stereocenters. The fourth-order valence-electron chi connectivity index (χ4n) is 8.02. The lowest BCUT2D eigenvalue weighted by atomic mass is 9.96. The summed E-state index contributed by atoms with van der Waals surface area (Å²) in [7, 11) is 0. The van der Waals surface area contributed by atoms with Gasteiger partial charge in [0.15, 0.2) is 0 Å². The van der Waals surface area contributed by atoms with Gasteiger partial charge in [-0.25, -0.2) is 14.4 Å². The van der Waals surface area contributed by atoms with E-state index in [4.69, 9.17) is 14.2 Å². The summed E-state index contributed by atoms with van der Waals surface area (Å²) in [6, 6.07) is 65.8. The predicted octanol–water partition coefficient (Wildman–Crippen LogP) is 13.5. The van der Waals surface area contributed by atoms with Crippen molar-refractivity contribution in [1.29, 1.82) is 0 Å². The van der Waals surface area contributed by atoms with Crippen LogP contribution in [0.5, 0.6) is 17.2 Å². The van der Waals surface area contributed by atoms with Gasteiger partial charge in [-0.3, -0.25) is 15.0 Å². The number of nitrogens with zero attached hydrogens (tertiary/aromatic N) is 3. The van der Waals surface area contributed by atoms with Gasteiger partial charge in [0, 0.05) is 53.5 Å². The molecular formula is C60H39N3O6. The number of rotatable bonds is 12. The SMILES string of the molecule is O=C(Oc1cc(OC(=O)c2ccc(-c3ccccn3)cc2-c2ccccc2)cc(OC(=O)c2ccc(-c3ccccn3)cc2-c2ccccc2)c1)c1ccc(-c2ccccn2)cc1-c1ccccc1. The van der Waals surface area contributed by atoms with Crippen LogP contribution in [0, 0.1) is 0 Å². The van der Waals surface area contributed by atoms with Crippen molar-refractivity contribution in [3.8, 4) is 84.4 Å². The zero-order valence-electron chi connectivity index (χ0n) is 36.8. The van der Waals surface area contributed by atoms with E-state index < -0.39 is 17.9 Å². The summed E-state index contributed by atoms with van der Waals surface area (Å²) in [6.07, 6.45) is 5.13. The van der Waals surface area contributed by atoms with E-state index in [-0.39, 0.29) is 33.9 Å². The Bertz CT molecular complexity index is 3070. The molecule has 10 rings (SSSR count). The molecule has 0 amide bonds. The van der Waals surface area contributed by atoms with Gasteiger partial charge in [0.05, 0.1) is 33.8 Å². The summed E-state index contributed by atoms with van der Waals surface area (Å²) in [6.45, 7) is 0. The van der Waals surface area contributed by atoms with Crippen molar-refractivity contribution in [2.24, 2.45) is 0 Å². The minimum atomic E-state index is -0.699. The lowest BCUT2D eigenvalue weighted by Gasteiger charge is -2.15. The van der Waals surface area contributed by atoms with Gasteiger partial charge >= 0.3 is 17.9 Å². The molecule has 0 aliphatic carbocycles. The quantitative estimate of drug-likeness (QED) is 0.0872. The highest BCUT2D eigenvalue weighted by Crippen LogP contribution is 2.36. The average Bonchev–Trinajstić information content (AvgIpc) is 3.41. The van der Waals surface area contributed by atoms with Crippen molar-refractivity contribution in [2.45, 2.75) is 0 Å². The minimum absolute atomic E-state index is 0.0384. The van der Waals surface area contributed by atoms with Crippen molar-refractivity contribution in [2.75, 3.05) is 0 Å². The Balaban J connectivity index is 1.03. The summed E-state index contributed by atoms with van der Waals surface area (Å²) in [5.74, 6) is -2.21. The van der Waals surface area contributed by atoms with E-state index in [0.717, 1.165) is 50.5 Å². The third kappa shape index (κ3) is 9.84. The standard InChI is InChI=1S/C60H39N3O6/c64-58(49-28-25-43(55-22-10-13-31-61-55)34-52(49)40-16-4-1-5-17-40)67-46-37-47(68-59(65)50-29-26-44(56-23-11-14-32-62-56)35-53(50)41-18-6-2-7-19-41)39-48(38-46)69-60(66)51-30-27-45(57-24-12-15-33-63-57)36-54(51)42-20-8-3-9-21-42/h1-39H. The van der Waals surface area contributed by atoms with Crippen LogP contribution in [0.2, 0.25) is 0 Å². The van der Waals surface area contributed by atoms with Crippen LogP contribution in [-0.2, 0) is 0 Å². The molecule has 0 N–H and O–H groups in total.